The second kappa shape index (κ2) is 11.7. The fourth-order valence-electron chi connectivity index (χ4n) is 0.994. The molecular weight excluding hydrogens is 236 g/mol. The first-order valence-electron chi connectivity index (χ1n) is 5.48. The van der Waals surface area contributed by atoms with Crippen LogP contribution in [0.2, 0.25) is 0 Å². The van der Waals surface area contributed by atoms with Crippen LogP contribution >= 0.6 is 0 Å². The molecule has 0 rings (SSSR count). The van der Waals surface area contributed by atoms with Crippen LogP contribution in [0.5, 0.6) is 0 Å². The molecule has 0 aromatic carbocycles. The predicted molar refractivity (Wildman–Crippen MR) is 57.0 cm³/mol. The maximum atomic E-state index is 11.7. The molecule has 0 aromatic heterocycles. The predicted octanol–water partition coefficient (Wildman–Crippen LogP) is 0.173. The number of carbonyl (C=O) groups is 1. The van der Waals surface area contributed by atoms with Gasteiger partial charge >= 0.3 is 0 Å². The minimum Gasteiger partial charge on any atom is -0.394 e. The van der Waals surface area contributed by atoms with E-state index in [9.17, 15) is 13.6 Å². The van der Waals surface area contributed by atoms with Crippen LogP contribution in [0, 0.1) is 0 Å². The van der Waals surface area contributed by atoms with Gasteiger partial charge in [0.05, 0.1) is 19.8 Å². The number of aliphatic hydroxyl groups is 1. The number of hydrogen-bond acceptors (Lipinski definition) is 4. The zero-order valence-corrected chi connectivity index (χ0v) is 9.66. The topological polar surface area (TPSA) is 67.8 Å². The molecule has 0 saturated carbocycles. The van der Waals surface area contributed by atoms with E-state index in [1.54, 1.807) is 0 Å². The van der Waals surface area contributed by atoms with Crippen LogP contribution < -0.4 is 5.32 Å². The summed E-state index contributed by atoms with van der Waals surface area (Å²) in [5, 5.41) is 11.0. The molecule has 0 aliphatic heterocycles. The highest BCUT2D eigenvalue weighted by molar-refractivity contribution is 5.75. The summed E-state index contributed by atoms with van der Waals surface area (Å²) in [4.78, 5) is 11.1. The highest BCUT2D eigenvalue weighted by atomic mass is 19.3. The molecule has 5 nitrogen and oxygen atoms in total. The van der Waals surface area contributed by atoms with Gasteiger partial charge in [0.1, 0.15) is 6.61 Å². The molecule has 0 aliphatic rings. The Morgan fingerprint density at radius 2 is 2.00 bits per heavy atom. The van der Waals surface area contributed by atoms with Gasteiger partial charge in [-0.25, -0.2) is 8.78 Å². The maximum Gasteiger partial charge on any atom is 0.261 e. The zero-order chi connectivity index (χ0) is 12.9. The van der Waals surface area contributed by atoms with Gasteiger partial charge in [-0.2, -0.15) is 0 Å². The van der Waals surface area contributed by atoms with E-state index in [1.165, 1.54) is 0 Å². The number of rotatable bonds is 11. The zero-order valence-electron chi connectivity index (χ0n) is 9.66. The van der Waals surface area contributed by atoms with Crippen molar-refractivity contribution in [1.82, 2.24) is 5.32 Å². The van der Waals surface area contributed by atoms with Crippen molar-refractivity contribution >= 4 is 5.91 Å². The third kappa shape index (κ3) is 13.1. The van der Waals surface area contributed by atoms with Crippen molar-refractivity contribution in [3.63, 3.8) is 0 Å². The Hall–Kier alpha value is -0.790. The van der Waals surface area contributed by atoms with Gasteiger partial charge in [0, 0.05) is 19.6 Å². The molecule has 0 fully saturated rings. The lowest BCUT2D eigenvalue weighted by molar-refractivity contribution is -0.122. The van der Waals surface area contributed by atoms with Crippen molar-refractivity contribution in [2.45, 2.75) is 19.3 Å². The Labute approximate surface area is 99.1 Å². The van der Waals surface area contributed by atoms with Gasteiger partial charge in [0.2, 0.25) is 5.91 Å². The molecule has 0 spiro atoms. The summed E-state index contributed by atoms with van der Waals surface area (Å²) in [5.41, 5.74) is 0. The normalized spacial score (nSPS) is 10.8. The molecule has 0 radical (unpaired) electrons. The van der Waals surface area contributed by atoms with Crippen LogP contribution in [-0.2, 0) is 14.3 Å². The number of halogens is 2. The first kappa shape index (κ1) is 16.2. The average Bonchev–Trinajstić information content (AvgIpc) is 2.29. The molecule has 0 heterocycles. The van der Waals surface area contributed by atoms with E-state index >= 15 is 0 Å². The third-order valence-electron chi connectivity index (χ3n) is 1.74. The van der Waals surface area contributed by atoms with Crippen molar-refractivity contribution in [3.8, 4) is 0 Å². The number of amides is 1. The Kier molecular flexibility index (Phi) is 11.1. The molecule has 0 atom stereocenters. The number of carbonyl (C=O) groups excluding carboxylic acids is 1. The summed E-state index contributed by atoms with van der Waals surface area (Å²) >= 11 is 0. The summed E-state index contributed by atoms with van der Waals surface area (Å²) in [5.74, 6) is -0.235. The van der Waals surface area contributed by atoms with Crippen LogP contribution in [0.1, 0.15) is 12.8 Å². The molecule has 17 heavy (non-hydrogen) atoms. The van der Waals surface area contributed by atoms with Crippen molar-refractivity contribution in [2.75, 3.05) is 39.6 Å². The molecule has 0 bridgehead atoms. The molecule has 102 valence electrons. The van der Waals surface area contributed by atoms with E-state index in [1.807, 2.05) is 0 Å². The Morgan fingerprint density at radius 1 is 1.24 bits per heavy atom. The van der Waals surface area contributed by atoms with E-state index < -0.39 is 13.0 Å². The monoisotopic (exact) mass is 255 g/mol. The van der Waals surface area contributed by atoms with Crippen LogP contribution in [-0.4, -0.2) is 57.0 Å². The van der Waals surface area contributed by atoms with Crippen molar-refractivity contribution in [2.24, 2.45) is 0 Å². The quantitative estimate of drug-likeness (QED) is 0.517. The largest absolute Gasteiger partial charge is 0.394 e. The summed E-state index contributed by atoms with van der Waals surface area (Å²) in [6.07, 6.45) is -1.78. The molecule has 0 aromatic rings. The minimum atomic E-state index is -2.50. The number of hydrogen-bond donors (Lipinski definition) is 2. The summed E-state index contributed by atoms with van der Waals surface area (Å²) in [7, 11) is 0. The fourth-order valence-corrected chi connectivity index (χ4v) is 0.994. The number of nitrogens with one attached hydrogen (secondary N) is 1. The van der Waals surface area contributed by atoms with E-state index in [0.29, 0.717) is 19.6 Å². The van der Waals surface area contributed by atoms with Crippen molar-refractivity contribution < 1.29 is 28.2 Å². The lowest BCUT2D eigenvalue weighted by Crippen LogP contribution is -2.26. The Morgan fingerprint density at radius 3 is 2.65 bits per heavy atom. The second-order valence-corrected chi connectivity index (χ2v) is 3.26. The van der Waals surface area contributed by atoms with E-state index in [-0.39, 0.29) is 32.1 Å². The van der Waals surface area contributed by atoms with Crippen molar-refractivity contribution in [3.05, 3.63) is 0 Å². The Bertz CT molecular complexity index is 193. The van der Waals surface area contributed by atoms with Crippen LogP contribution in [0.25, 0.3) is 0 Å². The Balaban J connectivity index is 3.18. The summed E-state index contributed by atoms with van der Waals surface area (Å²) in [6.45, 7) is 0.546. The molecule has 0 unspecified atom stereocenters. The molecule has 2 N–H and O–H groups in total. The fraction of sp³-hybridized carbons (Fsp3) is 0.900. The molecular formula is C10H19F2NO4. The van der Waals surface area contributed by atoms with Gasteiger partial charge in [0.25, 0.3) is 6.43 Å². The van der Waals surface area contributed by atoms with Gasteiger partial charge in [-0.3, -0.25) is 4.79 Å². The minimum absolute atomic E-state index is 0.00279. The number of aliphatic hydroxyl groups excluding tert-OH is 1. The van der Waals surface area contributed by atoms with Crippen molar-refractivity contribution in [1.29, 1.82) is 0 Å². The van der Waals surface area contributed by atoms with E-state index in [4.69, 9.17) is 9.84 Å². The molecule has 0 saturated heterocycles. The van der Waals surface area contributed by atoms with Gasteiger partial charge in [-0.1, -0.05) is 0 Å². The maximum absolute atomic E-state index is 11.7. The lowest BCUT2D eigenvalue weighted by atomic mass is 10.4. The van der Waals surface area contributed by atoms with Gasteiger partial charge < -0.3 is 19.9 Å². The smallest absolute Gasteiger partial charge is 0.261 e. The first-order chi connectivity index (χ1) is 8.16. The lowest BCUT2D eigenvalue weighted by Gasteiger charge is -2.06. The van der Waals surface area contributed by atoms with Crippen LogP contribution in [0.3, 0.4) is 0 Å². The van der Waals surface area contributed by atoms with E-state index in [2.05, 4.69) is 10.1 Å². The van der Waals surface area contributed by atoms with Gasteiger partial charge in [-0.15, -0.1) is 0 Å². The average molecular weight is 255 g/mol. The summed E-state index contributed by atoms with van der Waals surface area (Å²) < 4.78 is 32.8. The van der Waals surface area contributed by atoms with Gasteiger partial charge in [0.15, 0.2) is 0 Å². The van der Waals surface area contributed by atoms with Gasteiger partial charge in [-0.05, 0) is 6.42 Å². The molecule has 0 aliphatic carbocycles. The SMILES string of the molecule is O=C(CCOCC(F)F)NCCCOCCO. The summed E-state index contributed by atoms with van der Waals surface area (Å²) in [6, 6.07) is 0. The van der Waals surface area contributed by atoms with Crippen LogP contribution in [0.15, 0.2) is 0 Å². The number of ether oxygens (including phenoxy) is 2. The standard InChI is InChI=1S/C10H19F2NO4/c11-9(12)8-17-6-2-10(15)13-3-1-5-16-7-4-14/h9,14H,1-8H2,(H,13,15). The molecule has 1 amide bonds. The highest BCUT2D eigenvalue weighted by Gasteiger charge is 2.04. The van der Waals surface area contributed by atoms with E-state index in [0.717, 1.165) is 0 Å². The third-order valence-corrected chi connectivity index (χ3v) is 1.74. The highest BCUT2D eigenvalue weighted by Crippen LogP contribution is 1.93. The molecule has 7 heteroatoms. The second-order valence-electron chi connectivity index (χ2n) is 3.26. The first-order valence-corrected chi connectivity index (χ1v) is 5.48. The van der Waals surface area contributed by atoms with Crippen LogP contribution in [0.4, 0.5) is 8.78 Å². The number of alkyl halides is 2.